The van der Waals surface area contributed by atoms with E-state index in [4.69, 9.17) is 4.74 Å². The van der Waals surface area contributed by atoms with Gasteiger partial charge in [0.25, 0.3) is 0 Å². The summed E-state index contributed by atoms with van der Waals surface area (Å²) >= 11 is 0. The monoisotopic (exact) mass is 270 g/mol. The van der Waals surface area contributed by atoms with E-state index in [1.807, 2.05) is 0 Å². The Kier molecular flexibility index (Phi) is 4.16. The van der Waals surface area contributed by atoms with Gasteiger partial charge >= 0.3 is 0 Å². The summed E-state index contributed by atoms with van der Waals surface area (Å²) in [6.45, 7) is -0.0976. The van der Waals surface area contributed by atoms with Gasteiger partial charge in [0.05, 0.1) is 13.2 Å². The molecule has 100 valence electrons. The smallest absolute Gasteiger partial charge is 0.126 e. The van der Waals surface area contributed by atoms with Gasteiger partial charge < -0.3 is 4.74 Å². The van der Waals surface area contributed by atoms with Crippen LogP contribution in [0, 0.1) is 23.3 Å². The third-order valence-electron chi connectivity index (χ3n) is 2.38. The molecule has 0 saturated carbocycles. The molecule has 0 aliphatic heterocycles. The molecule has 0 radical (unpaired) electrons. The van der Waals surface area contributed by atoms with Crippen LogP contribution in [-0.4, -0.2) is 0 Å². The SMILES string of the molecule is Fc1cc(F)cc(COCc2cc(F)cc(F)c2)c1. The highest BCUT2D eigenvalue weighted by Gasteiger charge is 2.03. The van der Waals surface area contributed by atoms with Gasteiger partial charge in [-0.1, -0.05) is 0 Å². The highest BCUT2D eigenvalue weighted by Crippen LogP contribution is 2.12. The van der Waals surface area contributed by atoms with Crippen LogP contribution < -0.4 is 0 Å². The van der Waals surface area contributed by atoms with Crippen LogP contribution in [0.1, 0.15) is 11.1 Å². The first-order valence-corrected chi connectivity index (χ1v) is 5.50. The third-order valence-corrected chi connectivity index (χ3v) is 2.38. The second-order valence-corrected chi connectivity index (χ2v) is 4.05. The van der Waals surface area contributed by atoms with Crippen LogP contribution in [0.4, 0.5) is 17.6 Å². The van der Waals surface area contributed by atoms with Crippen LogP contribution in [0.15, 0.2) is 36.4 Å². The molecular formula is C14H10F4O. The maximum Gasteiger partial charge on any atom is 0.126 e. The zero-order valence-electron chi connectivity index (χ0n) is 9.80. The van der Waals surface area contributed by atoms with Crippen LogP contribution in [0.2, 0.25) is 0 Å². The molecule has 0 atom stereocenters. The number of benzene rings is 2. The molecule has 0 fully saturated rings. The van der Waals surface area contributed by atoms with Gasteiger partial charge in [0, 0.05) is 12.1 Å². The Bertz CT molecular complexity index is 492. The Labute approximate surface area is 107 Å². The van der Waals surface area contributed by atoms with Gasteiger partial charge in [0.15, 0.2) is 0 Å². The molecule has 0 spiro atoms. The van der Waals surface area contributed by atoms with Gasteiger partial charge in [0.1, 0.15) is 23.3 Å². The fourth-order valence-electron chi connectivity index (χ4n) is 1.68. The number of hydrogen-bond acceptors (Lipinski definition) is 1. The molecule has 0 N–H and O–H groups in total. The number of rotatable bonds is 4. The Morgan fingerprint density at radius 3 is 1.21 bits per heavy atom. The van der Waals surface area contributed by atoms with Crippen LogP contribution in [0.5, 0.6) is 0 Å². The molecule has 19 heavy (non-hydrogen) atoms. The molecule has 0 saturated heterocycles. The van der Waals surface area contributed by atoms with Crippen molar-refractivity contribution < 1.29 is 22.3 Å². The first-order valence-electron chi connectivity index (χ1n) is 5.50. The molecule has 0 aliphatic rings. The predicted molar refractivity (Wildman–Crippen MR) is 61.2 cm³/mol. The second-order valence-electron chi connectivity index (χ2n) is 4.05. The Morgan fingerprint density at radius 2 is 0.895 bits per heavy atom. The van der Waals surface area contributed by atoms with E-state index in [1.165, 1.54) is 0 Å². The molecule has 2 aromatic rings. The van der Waals surface area contributed by atoms with E-state index in [9.17, 15) is 17.6 Å². The quantitative estimate of drug-likeness (QED) is 0.764. The molecule has 0 aromatic heterocycles. The lowest BCUT2D eigenvalue weighted by Crippen LogP contribution is -1.97. The summed E-state index contributed by atoms with van der Waals surface area (Å²) < 4.78 is 56.7. The van der Waals surface area contributed by atoms with E-state index in [-0.39, 0.29) is 13.2 Å². The Balaban J connectivity index is 1.96. The zero-order valence-corrected chi connectivity index (χ0v) is 9.80. The standard InChI is InChI=1S/C14H10F4O/c15-11-1-9(2-12(16)5-11)7-19-8-10-3-13(17)6-14(18)4-10/h1-6H,7-8H2. The summed E-state index contributed by atoms with van der Waals surface area (Å²) in [7, 11) is 0. The van der Waals surface area contributed by atoms with Gasteiger partial charge in [-0.15, -0.1) is 0 Å². The molecule has 0 unspecified atom stereocenters. The molecule has 0 aliphatic carbocycles. The number of hydrogen-bond donors (Lipinski definition) is 0. The average molecular weight is 270 g/mol. The molecule has 0 bridgehead atoms. The summed E-state index contributed by atoms with van der Waals surface area (Å²) in [5.74, 6) is -2.79. The van der Waals surface area contributed by atoms with Crippen molar-refractivity contribution in [3.8, 4) is 0 Å². The maximum atomic E-state index is 12.9. The highest BCUT2D eigenvalue weighted by molar-refractivity contribution is 5.18. The molecule has 1 nitrogen and oxygen atoms in total. The highest BCUT2D eigenvalue weighted by atomic mass is 19.1. The summed E-state index contributed by atoms with van der Waals surface area (Å²) in [5, 5.41) is 0. The van der Waals surface area contributed by atoms with E-state index in [0.717, 1.165) is 36.4 Å². The summed E-state index contributed by atoms with van der Waals surface area (Å²) in [6, 6.07) is 6.05. The summed E-state index contributed by atoms with van der Waals surface area (Å²) in [5.41, 5.74) is 0.628. The first-order chi connectivity index (χ1) is 9.02. The summed E-state index contributed by atoms with van der Waals surface area (Å²) in [4.78, 5) is 0. The average Bonchev–Trinajstić information content (AvgIpc) is 2.26. The van der Waals surface area contributed by atoms with E-state index in [2.05, 4.69) is 0 Å². The van der Waals surface area contributed by atoms with E-state index < -0.39 is 23.3 Å². The van der Waals surface area contributed by atoms with Crippen molar-refractivity contribution in [3.63, 3.8) is 0 Å². The normalized spacial score (nSPS) is 10.7. The number of halogens is 4. The van der Waals surface area contributed by atoms with Crippen LogP contribution in [-0.2, 0) is 18.0 Å². The van der Waals surface area contributed by atoms with Crippen molar-refractivity contribution >= 4 is 0 Å². The zero-order chi connectivity index (χ0) is 13.8. The van der Waals surface area contributed by atoms with E-state index in [0.29, 0.717) is 11.1 Å². The third kappa shape index (κ3) is 4.06. The minimum absolute atomic E-state index is 0.0488. The lowest BCUT2D eigenvalue weighted by molar-refractivity contribution is 0.106. The van der Waals surface area contributed by atoms with Gasteiger partial charge in [0.2, 0.25) is 0 Å². The van der Waals surface area contributed by atoms with Gasteiger partial charge in [-0.3, -0.25) is 0 Å². The Hall–Kier alpha value is -1.88. The Morgan fingerprint density at radius 1 is 0.579 bits per heavy atom. The molecule has 5 heteroatoms. The molecule has 0 amide bonds. The molecular weight excluding hydrogens is 260 g/mol. The second kappa shape index (κ2) is 5.84. The summed E-state index contributed by atoms with van der Waals surface area (Å²) in [6.07, 6.45) is 0. The molecule has 2 aromatic carbocycles. The van der Waals surface area contributed by atoms with Crippen LogP contribution in [0.25, 0.3) is 0 Å². The maximum absolute atomic E-state index is 12.9. The first kappa shape index (κ1) is 13.5. The van der Waals surface area contributed by atoms with Crippen molar-refractivity contribution in [2.24, 2.45) is 0 Å². The lowest BCUT2D eigenvalue weighted by atomic mass is 10.2. The van der Waals surface area contributed by atoms with E-state index >= 15 is 0 Å². The van der Waals surface area contributed by atoms with Crippen molar-refractivity contribution in [3.05, 3.63) is 70.8 Å². The molecule has 2 rings (SSSR count). The number of ether oxygens (including phenoxy) is 1. The van der Waals surface area contributed by atoms with Gasteiger partial charge in [-0.2, -0.15) is 0 Å². The van der Waals surface area contributed by atoms with Crippen molar-refractivity contribution in [1.29, 1.82) is 0 Å². The minimum atomic E-state index is -0.699. The lowest BCUT2D eigenvalue weighted by Gasteiger charge is -2.05. The molecule has 0 heterocycles. The predicted octanol–water partition coefficient (Wildman–Crippen LogP) is 3.96. The van der Waals surface area contributed by atoms with Crippen LogP contribution in [0.3, 0.4) is 0 Å². The fraction of sp³-hybridized carbons (Fsp3) is 0.143. The topological polar surface area (TPSA) is 9.23 Å². The minimum Gasteiger partial charge on any atom is -0.372 e. The van der Waals surface area contributed by atoms with Crippen molar-refractivity contribution in [1.82, 2.24) is 0 Å². The fourth-order valence-corrected chi connectivity index (χ4v) is 1.68. The van der Waals surface area contributed by atoms with Gasteiger partial charge in [-0.05, 0) is 35.4 Å². The van der Waals surface area contributed by atoms with Crippen LogP contribution >= 0.6 is 0 Å². The van der Waals surface area contributed by atoms with Crippen molar-refractivity contribution in [2.45, 2.75) is 13.2 Å². The van der Waals surface area contributed by atoms with Gasteiger partial charge in [-0.25, -0.2) is 17.6 Å². The van der Waals surface area contributed by atoms with E-state index in [1.54, 1.807) is 0 Å². The van der Waals surface area contributed by atoms with Crippen molar-refractivity contribution in [2.75, 3.05) is 0 Å². The largest absolute Gasteiger partial charge is 0.372 e.